The molecular formula is C13H17NO5S. The standard InChI is InChI=1S/C13H17NO5S/c1-4-19-10(16)6-5-9(15)14-12-11(13(17)18)7(2)8(3)20-12/h4-6H2,1-3H3,(H,14,15)(H,17,18). The summed E-state index contributed by atoms with van der Waals surface area (Å²) in [5, 5.41) is 12.0. The number of aromatic carboxylic acids is 1. The van der Waals surface area contributed by atoms with Crippen LogP contribution in [0.25, 0.3) is 0 Å². The molecule has 0 saturated heterocycles. The summed E-state index contributed by atoms with van der Waals surface area (Å²) >= 11 is 1.21. The minimum absolute atomic E-state index is 0.0224. The maximum Gasteiger partial charge on any atom is 0.338 e. The Bertz CT molecular complexity index is 535. The van der Waals surface area contributed by atoms with E-state index < -0.39 is 17.8 Å². The highest BCUT2D eigenvalue weighted by Crippen LogP contribution is 2.32. The third kappa shape index (κ3) is 4.06. The van der Waals surface area contributed by atoms with Crippen LogP contribution in [0.1, 0.15) is 40.6 Å². The number of ether oxygens (including phenoxy) is 1. The van der Waals surface area contributed by atoms with Crippen molar-refractivity contribution in [1.82, 2.24) is 0 Å². The molecule has 20 heavy (non-hydrogen) atoms. The number of aryl methyl sites for hydroxylation is 1. The van der Waals surface area contributed by atoms with Crippen molar-refractivity contribution >= 4 is 34.2 Å². The number of hydrogen-bond acceptors (Lipinski definition) is 5. The molecule has 0 saturated carbocycles. The van der Waals surface area contributed by atoms with Crippen LogP contribution in [0.3, 0.4) is 0 Å². The molecule has 110 valence electrons. The van der Waals surface area contributed by atoms with Gasteiger partial charge in [-0.15, -0.1) is 11.3 Å². The van der Waals surface area contributed by atoms with Gasteiger partial charge in [-0.1, -0.05) is 0 Å². The van der Waals surface area contributed by atoms with Crippen molar-refractivity contribution in [2.24, 2.45) is 0 Å². The van der Waals surface area contributed by atoms with Crippen molar-refractivity contribution in [2.75, 3.05) is 11.9 Å². The number of carbonyl (C=O) groups excluding carboxylic acids is 2. The molecule has 2 N–H and O–H groups in total. The summed E-state index contributed by atoms with van der Waals surface area (Å²) in [5.41, 5.74) is 0.750. The van der Waals surface area contributed by atoms with E-state index in [2.05, 4.69) is 5.32 Å². The molecule has 0 aliphatic rings. The lowest BCUT2D eigenvalue weighted by atomic mass is 10.1. The van der Waals surface area contributed by atoms with Crippen LogP contribution in [-0.4, -0.2) is 29.6 Å². The summed E-state index contributed by atoms with van der Waals surface area (Å²) in [6, 6.07) is 0. The maximum atomic E-state index is 11.7. The highest BCUT2D eigenvalue weighted by atomic mass is 32.1. The maximum absolute atomic E-state index is 11.7. The van der Waals surface area contributed by atoms with Gasteiger partial charge in [0.2, 0.25) is 5.91 Å². The summed E-state index contributed by atoms with van der Waals surface area (Å²) in [6.07, 6.45) is -0.0562. The van der Waals surface area contributed by atoms with Crippen molar-refractivity contribution in [3.8, 4) is 0 Å². The zero-order valence-corrected chi connectivity index (χ0v) is 12.4. The second-order valence-electron chi connectivity index (χ2n) is 4.15. The summed E-state index contributed by atoms with van der Waals surface area (Å²) in [4.78, 5) is 34.9. The number of thiophene rings is 1. The van der Waals surface area contributed by atoms with Crippen LogP contribution in [0.15, 0.2) is 0 Å². The fourth-order valence-corrected chi connectivity index (χ4v) is 2.68. The normalized spacial score (nSPS) is 10.2. The Balaban J connectivity index is 2.69. The third-order valence-electron chi connectivity index (χ3n) is 2.71. The summed E-state index contributed by atoms with van der Waals surface area (Å²) in [5.74, 6) is -1.92. The topological polar surface area (TPSA) is 92.7 Å². The molecule has 0 unspecified atom stereocenters. The predicted molar refractivity (Wildman–Crippen MR) is 75.2 cm³/mol. The molecule has 0 radical (unpaired) electrons. The number of carboxylic acid groups (broad SMARTS) is 1. The molecule has 1 aromatic heterocycles. The van der Waals surface area contributed by atoms with Crippen molar-refractivity contribution < 1.29 is 24.2 Å². The first kappa shape index (κ1) is 16.2. The first-order chi connectivity index (χ1) is 9.36. The minimum Gasteiger partial charge on any atom is -0.478 e. The molecule has 1 rings (SSSR count). The molecule has 6 nitrogen and oxygen atoms in total. The first-order valence-electron chi connectivity index (χ1n) is 6.15. The van der Waals surface area contributed by atoms with Gasteiger partial charge in [0.15, 0.2) is 0 Å². The van der Waals surface area contributed by atoms with Crippen molar-refractivity contribution in [3.05, 3.63) is 16.0 Å². The third-order valence-corrected chi connectivity index (χ3v) is 3.84. The lowest BCUT2D eigenvalue weighted by molar-refractivity contribution is -0.144. The zero-order chi connectivity index (χ0) is 15.3. The van der Waals surface area contributed by atoms with Gasteiger partial charge in [0, 0.05) is 11.3 Å². The second kappa shape index (κ2) is 7.04. The van der Waals surface area contributed by atoms with E-state index in [9.17, 15) is 14.4 Å². The first-order valence-corrected chi connectivity index (χ1v) is 6.97. The largest absolute Gasteiger partial charge is 0.478 e. The van der Waals surface area contributed by atoms with Gasteiger partial charge >= 0.3 is 11.9 Å². The van der Waals surface area contributed by atoms with Crippen molar-refractivity contribution in [1.29, 1.82) is 0 Å². The Hall–Kier alpha value is -1.89. The van der Waals surface area contributed by atoms with E-state index in [1.807, 2.05) is 0 Å². The molecule has 7 heteroatoms. The molecule has 0 aliphatic carbocycles. The minimum atomic E-state index is -1.08. The van der Waals surface area contributed by atoms with Crippen LogP contribution < -0.4 is 5.32 Å². The number of nitrogens with one attached hydrogen (secondary N) is 1. The van der Waals surface area contributed by atoms with E-state index in [0.717, 1.165) is 4.88 Å². The Kier molecular flexibility index (Phi) is 5.69. The smallest absolute Gasteiger partial charge is 0.338 e. The highest BCUT2D eigenvalue weighted by Gasteiger charge is 2.20. The van der Waals surface area contributed by atoms with Gasteiger partial charge in [0.25, 0.3) is 0 Å². The van der Waals surface area contributed by atoms with Gasteiger partial charge in [0.05, 0.1) is 18.6 Å². The molecule has 1 heterocycles. The molecule has 0 bridgehead atoms. The number of carbonyl (C=O) groups is 3. The fourth-order valence-electron chi connectivity index (χ4n) is 1.61. The van der Waals surface area contributed by atoms with E-state index in [1.54, 1.807) is 20.8 Å². The molecule has 1 amide bonds. The van der Waals surface area contributed by atoms with E-state index in [4.69, 9.17) is 9.84 Å². The molecule has 0 spiro atoms. The molecule has 0 aromatic carbocycles. The van der Waals surface area contributed by atoms with E-state index in [-0.39, 0.29) is 25.0 Å². The average Bonchev–Trinajstić information content (AvgIpc) is 2.62. The van der Waals surface area contributed by atoms with E-state index in [1.165, 1.54) is 11.3 Å². The number of amides is 1. The Morgan fingerprint density at radius 2 is 1.90 bits per heavy atom. The SMILES string of the molecule is CCOC(=O)CCC(=O)Nc1sc(C)c(C)c1C(=O)O. The molecule has 0 atom stereocenters. The van der Waals surface area contributed by atoms with Crippen LogP contribution in [0.2, 0.25) is 0 Å². The molecule has 0 fully saturated rings. The predicted octanol–water partition coefficient (Wildman–Crippen LogP) is 2.34. The van der Waals surface area contributed by atoms with Crippen LogP contribution in [0.5, 0.6) is 0 Å². The van der Waals surface area contributed by atoms with Gasteiger partial charge in [-0.05, 0) is 26.3 Å². The number of esters is 1. The van der Waals surface area contributed by atoms with Crippen LogP contribution in [-0.2, 0) is 14.3 Å². The lowest BCUT2D eigenvalue weighted by Crippen LogP contribution is -2.15. The Morgan fingerprint density at radius 1 is 1.25 bits per heavy atom. The Morgan fingerprint density at radius 3 is 2.45 bits per heavy atom. The van der Waals surface area contributed by atoms with Gasteiger partial charge in [-0.25, -0.2) is 4.79 Å². The molecule has 1 aromatic rings. The lowest BCUT2D eigenvalue weighted by Gasteiger charge is -2.04. The molecular weight excluding hydrogens is 282 g/mol. The van der Waals surface area contributed by atoms with Gasteiger partial charge < -0.3 is 15.2 Å². The van der Waals surface area contributed by atoms with Crippen LogP contribution >= 0.6 is 11.3 Å². The number of hydrogen-bond donors (Lipinski definition) is 2. The summed E-state index contributed by atoms with van der Waals surface area (Å²) < 4.78 is 4.72. The van der Waals surface area contributed by atoms with E-state index in [0.29, 0.717) is 10.6 Å². The van der Waals surface area contributed by atoms with Crippen molar-refractivity contribution in [3.63, 3.8) is 0 Å². The number of carboxylic acids is 1. The quantitative estimate of drug-likeness (QED) is 0.786. The summed E-state index contributed by atoms with van der Waals surface area (Å²) in [7, 11) is 0. The van der Waals surface area contributed by atoms with Crippen LogP contribution in [0, 0.1) is 13.8 Å². The highest BCUT2D eigenvalue weighted by molar-refractivity contribution is 7.16. The number of anilines is 1. The van der Waals surface area contributed by atoms with Crippen LogP contribution in [0.4, 0.5) is 5.00 Å². The average molecular weight is 299 g/mol. The summed E-state index contributed by atoms with van der Waals surface area (Å²) in [6.45, 7) is 5.45. The molecule has 0 aliphatic heterocycles. The second-order valence-corrected chi connectivity index (χ2v) is 5.37. The van der Waals surface area contributed by atoms with Crippen molar-refractivity contribution in [2.45, 2.75) is 33.6 Å². The van der Waals surface area contributed by atoms with Gasteiger partial charge in [-0.2, -0.15) is 0 Å². The fraction of sp³-hybridized carbons (Fsp3) is 0.462. The monoisotopic (exact) mass is 299 g/mol. The number of rotatable bonds is 6. The zero-order valence-electron chi connectivity index (χ0n) is 11.6. The van der Waals surface area contributed by atoms with Gasteiger partial charge in [0.1, 0.15) is 5.00 Å². The van der Waals surface area contributed by atoms with Gasteiger partial charge in [-0.3, -0.25) is 9.59 Å². The Labute approximate surface area is 120 Å². The van der Waals surface area contributed by atoms with E-state index >= 15 is 0 Å².